The van der Waals surface area contributed by atoms with Gasteiger partial charge in [-0.15, -0.1) is 0 Å². The normalized spacial score (nSPS) is 12.9. The van der Waals surface area contributed by atoms with Gasteiger partial charge in [0.2, 0.25) is 0 Å². The Morgan fingerprint density at radius 2 is 2.15 bits per heavy atom. The van der Waals surface area contributed by atoms with Crippen molar-refractivity contribution in [3.8, 4) is 0 Å². The molecule has 0 saturated carbocycles. The van der Waals surface area contributed by atoms with E-state index in [-0.39, 0.29) is 11.9 Å². The summed E-state index contributed by atoms with van der Waals surface area (Å²) < 4.78 is 13.3. The Balaban J connectivity index is 2.88. The van der Waals surface area contributed by atoms with Crippen LogP contribution in [0.15, 0.2) is 18.2 Å². The Hall–Kier alpha value is -0.890. The molecule has 0 unspecified atom stereocenters. The molecule has 0 fully saturated rings. The van der Waals surface area contributed by atoms with Crippen LogP contribution in [0.2, 0.25) is 0 Å². The number of nitrogens with two attached hydrogens (primary N) is 1. The van der Waals surface area contributed by atoms with E-state index in [1.54, 1.807) is 6.07 Å². The highest BCUT2D eigenvalue weighted by atomic mass is 19.1. The third-order valence-electron chi connectivity index (χ3n) is 2.16. The van der Waals surface area contributed by atoms with Crippen molar-refractivity contribution in [3.05, 3.63) is 35.1 Å². The standard InChI is InChI=1S/C11H16FN/c1-3-4-11(13)9-6-5-8(2)7-10(9)12/h5-7,11H,3-4,13H2,1-2H3/t11-/m1/s1. The highest BCUT2D eigenvalue weighted by Crippen LogP contribution is 2.19. The number of hydrogen-bond donors (Lipinski definition) is 1. The van der Waals surface area contributed by atoms with Crippen molar-refractivity contribution in [3.63, 3.8) is 0 Å². The van der Waals surface area contributed by atoms with Gasteiger partial charge in [0.1, 0.15) is 5.82 Å². The quantitative estimate of drug-likeness (QED) is 0.762. The number of hydrogen-bond acceptors (Lipinski definition) is 1. The van der Waals surface area contributed by atoms with Crippen LogP contribution in [-0.2, 0) is 0 Å². The molecule has 0 aliphatic rings. The molecule has 1 rings (SSSR count). The first-order valence-corrected chi connectivity index (χ1v) is 4.66. The van der Waals surface area contributed by atoms with Crippen LogP contribution in [0.25, 0.3) is 0 Å². The van der Waals surface area contributed by atoms with Crippen LogP contribution in [0, 0.1) is 12.7 Å². The fourth-order valence-electron chi connectivity index (χ4n) is 1.40. The van der Waals surface area contributed by atoms with Gasteiger partial charge in [0.25, 0.3) is 0 Å². The second-order valence-corrected chi connectivity index (χ2v) is 3.42. The molecule has 1 atom stereocenters. The summed E-state index contributed by atoms with van der Waals surface area (Å²) in [4.78, 5) is 0. The van der Waals surface area contributed by atoms with Crippen molar-refractivity contribution in [1.82, 2.24) is 0 Å². The third-order valence-corrected chi connectivity index (χ3v) is 2.16. The van der Waals surface area contributed by atoms with Crippen molar-refractivity contribution < 1.29 is 4.39 Å². The Kier molecular flexibility index (Phi) is 3.43. The van der Waals surface area contributed by atoms with E-state index in [2.05, 4.69) is 0 Å². The SMILES string of the molecule is CCC[C@@H](N)c1ccc(C)cc1F. The van der Waals surface area contributed by atoms with Gasteiger partial charge in [-0.25, -0.2) is 4.39 Å². The van der Waals surface area contributed by atoms with Crippen molar-refractivity contribution in [2.45, 2.75) is 32.7 Å². The fourth-order valence-corrected chi connectivity index (χ4v) is 1.40. The van der Waals surface area contributed by atoms with Gasteiger partial charge in [-0.2, -0.15) is 0 Å². The molecule has 72 valence electrons. The lowest BCUT2D eigenvalue weighted by Gasteiger charge is -2.11. The molecule has 0 aliphatic carbocycles. The van der Waals surface area contributed by atoms with Crippen LogP contribution in [0.5, 0.6) is 0 Å². The van der Waals surface area contributed by atoms with Gasteiger partial charge in [0, 0.05) is 11.6 Å². The summed E-state index contributed by atoms with van der Waals surface area (Å²) in [6, 6.07) is 5.05. The number of rotatable bonds is 3. The van der Waals surface area contributed by atoms with E-state index < -0.39 is 0 Å². The largest absolute Gasteiger partial charge is 0.324 e. The Bertz CT molecular complexity index is 283. The van der Waals surface area contributed by atoms with Crippen LogP contribution in [-0.4, -0.2) is 0 Å². The van der Waals surface area contributed by atoms with E-state index in [9.17, 15) is 4.39 Å². The molecule has 1 aromatic carbocycles. The number of aryl methyl sites for hydroxylation is 1. The van der Waals surface area contributed by atoms with Crippen molar-refractivity contribution in [1.29, 1.82) is 0 Å². The molecule has 0 spiro atoms. The lowest BCUT2D eigenvalue weighted by molar-refractivity contribution is 0.559. The molecular weight excluding hydrogens is 165 g/mol. The molecule has 1 aromatic rings. The van der Waals surface area contributed by atoms with E-state index >= 15 is 0 Å². The fraction of sp³-hybridized carbons (Fsp3) is 0.455. The van der Waals surface area contributed by atoms with Crippen LogP contribution in [0.1, 0.15) is 36.9 Å². The van der Waals surface area contributed by atoms with Crippen LogP contribution in [0.4, 0.5) is 4.39 Å². The van der Waals surface area contributed by atoms with Crippen molar-refractivity contribution in [2.24, 2.45) is 5.73 Å². The lowest BCUT2D eigenvalue weighted by Crippen LogP contribution is -2.11. The van der Waals surface area contributed by atoms with E-state index in [0.717, 1.165) is 18.4 Å². The number of halogens is 1. The van der Waals surface area contributed by atoms with Gasteiger partial charge in [-0.3, -0.25) is 0 Å². The number of benzene rings is 1. The summed E-state index contributed by atoms with van der Waals surface area (Å²) in [6.45, 7) is 3.92. The molecule has 2 heteroatoms. The average Bonchev–Trinajstić information content (AvgIpc) is 2.04. The first-order chi connectivity index (χ1) is 6.15. The molecular formula is C11H16FN. The summed E-state index contributed by atoms with van der Waals surface area (Å²) in [5, 5.41) is 0. The summed E-state index contributed by atoms with van der Waals surface area (Å²) in [5.41, 5.74) is 7.38. The Morgan fingerprint density at radius 1 is 1.46 bits per heavy atom. The van der Waals surface area contributed by atoms with Gasteiger partial charge < -0.3 is 5.73 Å². The highest BCUT2D eigenvalue weighted by Gasteiger charge is 2.09. The summed E-state index contributed by atoms with van der Waals surface area (Å²) in [5.74, 6) is -0.180. The second kappa shape index (κ2) is 4.38. The molecule has 0 amide bonds. The van der Waals surface area contributed by atoms with E-state index in [0.29, 0.717) is 5.56 Å². The van der Waals surface area contributed by atoms with Crippen LogP contribution >= 0.6 is 0 Å². The van der Waals surface area contributed by atoms with E-state index in [1.165, 1.54) is 6.07 Å². The highest BCUT2D eigenvalue weighted by molar-refractivity contribution is 5.25. The minimum Gasteiger partial charge on any atom is -0.324 e. The maximum atomic E-state index is 13.3. The maximum absolute atomic E-state index is 13.3. The second-order valence-electron chi connectivity index (χ2n) is 3.42. The summed E-state index contributed by atoms with van der Waals surface area (Å²) in [7, 11) is 0. The smallest absolute Gasteiger partial charge is 0.128 e. The third kappa shape index (κ3) is 2.52. The summed E-state index contributed by atoms with van der Waals surface area (Å²) >= 11 is 0. The maximum Gasteiger partial charge on any atom is 0.128 e. The zero-order valence-electron chi connectivity index (χ0n) is 8.18. The molecule has 0 aromatic heterocycles. The van der Waals surface area contributed by atoms with Crippen LogP contribution < -0.4 is 5.73 Å². The van der Waals surface area contributed by atoms with E-state index in [1.807, 2.05) is 19.9 Å². The van der Waals surface area contributed by atoms with Gasteiger partial charge in [0.15, 0.2) is 0 Å². The molecule has 0 bridgehead atoms. The molecule has 13 heavy (non-hydrogen) atoms. The average molecular weight is 181 g/mol. The summed E-state index contributed by atoms with van der Waals surface area (Å²) in [6.07, 6.45) is 1.81. The van der Waals surface area contributed by atoms with Gasteiger partial charge in [-0.05, 0) is 25.0 Å². The zero-order valence-corrected chi connectivity index (χ0v) is 8.18. The first-order valence-electron chi connectivity index (χ1n) is 4.66. The Morgan fingerprint density at radius 3 is 2.69 bits per heavy atom. The molecule has 1 nitrogen and oxygen atoms in total. The minimum atomic E-state index is -0.180. The molecule has 0 saturated heterocycles. The predicted octanol–water partition coefficient (Wildman–Crippen LogP) is 2.93. The monoisotopic (exact) mass is 181 g/mol. The zero-order chi connectivity index (χ0) is 9.84. The first kappa shape index (κ1) is 10.2. The lowest BCUT2D eigenvalue weighted by atomic mass is 10.0. The minimum absolute atomic E-state index is 0.161. The Labute approximate surface area is 78.8 Å². The molecule has 0 heterocycles. The van der Waals surface area contributed by atoms with Gasteiger partial charge in [-0.1, -0.05) is 25.5 Å². The molecule has 0 radical (unpaired) electrons. The van der Waals surface area contributed by atoms with E-state index in [4.69, 9.17) is 5.73 Å². The molecule has 2 N–H and O–H groups in total. The van der Waals surface area contributed by atoms with Gasteiger partial charge >= 0.3 is 0 Å². The predicted molar refractivity (Wildman–Crippen MR) is 53.0 cm³/mol. The van der Waals surface area contributed by atoms with Crippen molar-refractivity contribution in [2.75, 3.05) is 0 Å². The van der Waals surface area contributed by atoms with Crippen molar-refractivity contribution >= 4 is 0 Å². The molecule has 0 aliphatic heterocycles. The topological polar surface area (TPSA) is 26.0 Å². The van der Waals surface area contributed by atoms with Gasteiger partial charge in [0.05, 0.1) is 0 Å². The van der Waals surface area contributed by atoms with Crippen LogP contribution in [0.3, 0.4) is 0 Å².